The van der Waals surface area contributed by atoms with Gasteiger partial charge in [0.2, 0.25) is 0 Å². The first-order valence-corrected chi connectivity index (χ1v) is 8.07. The fraction of sp³-hybridized carbons (Fsp3) is 0.875. The van der Waals surface area contributed by atoms with Crippen molar-refractivity contribution in [1.82, 2.24) is 9.80 Å². The van der Waals surface area contributed by atoms with E-state index in [-0.39, 0.29) is 0 Å². The molecule has 0 bridgehead atoms. The van der Waals surface area contributed by atoms with E-state index in [1.165, 1.54) is 65.0 Å². The molecule has 3 rings (SSSR count). The Balaban J connectivity index is 1.35. The molecule has 2 saturated heterocycles. The summed E-state index contributed by atoms with van der Waals surface area (Å²) in [7, 11) is 0. The minimum atomic E-state index is 0.801. The Kier molecular flexibility index (Phi) is 4.91. The molecule has 2 atom stereocenters. The lowest BCUT2D eigenvalue weighted by Crippen LogP contribution is -2.49. The molecule has 0 amide bonds. The van der Waals surface area contributed by atoms with Gasteiger partial charge < -0.3 is 14.5 Å². The Labute approximate surface area is 117 Å². The fourth-order valence-electron chi connectivity index (χ4n) is 3.63. The molecule has 0 aromatic heterocycles. The van der Waals surface area contributed by atoms with Crippen molar-refractivity contribution in [2.24, 2.45) is 11.8 Å². The zero-order valence-electron chi connectivity index (χ0n) is 12.1. The maximum atomic E-state index is 5.48. The van der Waals surface area contributed by atoms with Crippen molar-refractivity contribution in [1.29, 1.82) is 0 Å². The van der Waals surface area contributed by atoms with E-state index in [2.05, 4.69) is 22.0 Å². The smallest absolute Gasteiger partial charge is 0.0507 e. The zero-order chi connectivity index (χ0) is 12.9. The van der Waals surface area contributed by atoms with E-state index in [1.54, 1.807) is 0 Å². The van der Waals surface area contributed by atoms with Crippen molar-refractivity contribution in [3.8, 4) is 0 Å². The molecule has 0 radical (unpaired) electrons. The van der Waals surface area contributed by atoms with Gasteiger partial charge in [-0.05, 0) is 37.5 Å². The van der Waals surface area contributed by atoms with E-state index in [0.29, 0.717) is 0 Å². The SMILES string of the molecule is C1=CC[C@@H](CN2CCN(C[C@@H]3CCOC3)CC2)CC1. The van der Waals surface area contributed by atoms with Crippen LogP contribution in [0.4, 0.5) is 0 Å². The topological polar surface area (TPSA) is 15.7 Å². The van der Waals surface area contributed by atoms with Gasteiger partial charge in [0.05, 0.1) is 6.61 Å². The second kappa shape index (κ2) is 6.87. The molecule has 0 spiro atoms. The van der Waals surface area contributed by atoms with Crippen LogP contribution in [0.1, 0.15) is 25.7 Å². The van der Waals surface area contributed by atoms with E-state index >= 15 is 0 Å². The van der Waals surface area contributed by atoms with Gasteiger partial charge in [-0.15, -0.1) is 0 Å². The normalized spacial score (nSPS) is 33.9. The molecule has 0 unspecified atom stereocenters. The maximum Gasteiger partial charge on any atom is 0.0507 e. The highest BCUT2D eigenvalue weighted by Gasteiger charge is 2.23. The molecule has 0 N–H and O–H groups in total. The molecule has 2 heterocycles. The van der Waals surface area contributed by atoms with Gasteiger partial charge >= 0.3 is 0 Å². The van der Waals surface area contributed by atoms with Crippen LogP contribution in [0.3, 0.4) is 0 Å². The highest BCUT2D eigenvalue weighted by atomic mass is 16.5. The molecular weight excluding hydrogens is 236 g/mol. The van der Waals surface area contributed by atoms with E-state index in [9.17, 15) is 0 Å². The summed E-state index contributed by atoms with van der Waals surface area (Å²) in [6.45, 7) is 9.64. The Morgan fingerprint density at radius 2 is 1.63 bits per heavy atom. The zero-order valence-corrected chi connectivity index (χ0v) is 12.1. The van der Waals surface area contributed by atoms with E-state index < -0.39 is 0 Å². The van der Waals surface area contributed by atoms with Gasteiger partial charge in [0.15, 0.2) is 0 Å². The average Bonchev–Trinajstić information content (AvgIpc) is 2.95. The van der Waals surface area contributed by atoms with Crippen molar-refractivity contribution in [3.63, 3.8) is 0 Å². The van der Waals surface area contributed by atoms with Crippen molar-refractivity contribution >= 4 is 0 Å². The first-order valence-electron chi connectivity index (χ1n) is 8.07. The van der Waals surface area contributed by atoms with Gasteiger partial charge in [0, 0.05) is 45.9 Å². The van der Waals surface area contributed by atoms with Crippen LogP contribution < -0.4 is 0 Å². The summed E-state index contributed by atoms with van der Waals surface area (Å²) >= 11 is 0. The van der Waals surface area contributed by atoms with Crippen molar-refractivity contribution in [3.05, 3.63) is 12.2 Å². The molecular formula is C16H28N2O. The molecule has 0 aromatic carbocycles. The summed E-state index contributed by atoms with van der Waals surface area (Å²) in [4.78, 5) is 5.34. The number of hydrogen-bond acceptors (Lipinski definition) is 3. The molecule has 0 saturated carbocycles. The minimum absolute atomic E-state index is 0.801. The Morgan fingerprint density at radius 1 is 0.895 bits per heavy atom. The van der Waals surface area contributed by atoms with Crippen LogP contribution >= 0.6 is 0 Å². The van der Waals surface area contributed by atoms with Crippen molar-refractivity contribution in [2.45, 2.75) is 25.7 Å². The first kappa shape index (κ1) is 13.6. The molecule has 108 valence electrons. The third-order valence-electron chi connectivity index (χ3n) is 4.90. The summed E-state index contributed by atoms with van der Waals surface area (Å²) < 4.78 is 5.48. The number of ether oxygens (including phenoxy) is 1. The van der Waals surface area contributed by atoms with E-state index in [4.69, 9.17) is 4.74 Å². The third kappa shape index (κ3) is 4.04. The van der Waals surface area contributed by atoms with Gasteiger partial charge in [-0.25, -0.2) is 0 Å². The average molecular weight is 264 g/mol. The second-order valence-electron chi connectivity index (χ2n) is 6.48. The predicted octanol–water partition coefficient (Wildman–Crippen LogP) is 2.00. The largest absolute Gasteiger partial charge is 0.381 e. The number of nitrogens with zero attached hydrogens (tertiary/aromatic N) is 2. The van der Waals surface area contributed by atoms with Crippen molar-refractivity contribution < 1.29 is 4.74 Å². The summed E-state index contributed by atoms with van der Waals surface area (Å²) in [6.07, 6.45) is 10.00. The van der Waals surface area contributed by atoms with Gasteiger partial charge in [-0.2, -0.15) is 0 Å². The summed E-state index contributed by atoms with van der Waals surface area (Å²) in [5.74, 6) is 1.72. The molecule has 19 heavy (non-hydrogen) atoms. The summed E-state index contributed by atoms with van der Waals surface area (Å²) in [5.41, 5.74) is 0. The Hall–Kier alpha value is -0.380. The minimum Gasteiger partial charge on any atom is -0.381 e. The van der Waals surface area contributed by atoms with Crippen LogP contribution in [0.15, 0.2) is 12.2 Å². The highest BCUT2D eigenvalue weighted by Crippen LogP contribution is 2.20. The van der Waals surface area contributed by atoms with Gasteiger partial charge in [-0.1, -0.05) is 12.2 Å². The van der Waals surface area contributed by atoms with Gasteiger partial charge in [0.25, 0.3) is 0 Å². The molecule has 3 heteroatoms. The Bertz CT molecular complexity index is 291. The van der Waals surface area contributed by atoms with Gasteiger partial charge in [0.1, 0.15) is 0 Å². The van der Waals surface area contributed by atoms with Crippen LogP contribution in [-0.2, 0) is 4.74 Å². The maximum absolute atomic E-state index is 5.48. The lowest BCUT2D eigenvalue weighted by atomic mass is 9.94. The second-order valence-corrected chi connectivity index (χ2v) is 6.48. The van der Waals surface area contributed by atoms with Crippen LogP contribution in [0.2, 0.25) is 0 Å². The Morgan fingerprint density at radius 3 is 2.21 bits per heavy atom. The monoisotopic (exact) mass is 264 g/mol. The highest BCUT2D eigenvalue weighted by molar-refractivity contribution is 4.91. The molecule has 1 aliphatic carbocycles. The van der Waals surface area contributed by atoms with E-state index in [0.717, 1.165) is 25.0 Å². The molecule has 2 fully saturated rings. The summed E-state index contributed by atoms with van der Waals surface area (Å²) in [6, 6.07) is 0. The molecule has 2 aliphatic heterocycles. The van der Waals surface area contributed by atoms with Crippen LogP contribution in [-0.4, -0.2) is 62.3 Å². The lowest BCUT2D eigenvalue weighted by molar-refractivity contribution is 0.0988. The number of rotatable bonds is 4. The predicted molar refractivity (Wildman–Crippen MR) is 78.3 cm³/mol. The summed E-state index contributed by atoms with van der Waals surface area (Å²) in [5, 5.41) is 0. The molecule has 0 aromatic rings. The van der Waals surface area contributed by atoms with Gasteiger partial charge in [-0.3, -0.25) is 0 Å². The molecule has 3 aliphatic rings. The lowest BCUT2D eigenvalue weighted by Gasteiger charge is -2.37. The number of hydrogen-bond donors (Lipinski definition) is 0. The standard InChI is InChI=1S/C16H28N2O/c1-2-4-15(5-3-1)12-17-7-9-18(10-8-17)13-16-6-11-19-14-16/h1-2,15-16H,3-14H2/t15-,16+/m1/s1. The number of piperazine rings is 1. The quantitative estimate of drug-likeness (QED) is 0.722. The van der Waals surface area contributed by atoms with Crippen molar-refractivity contribution in [2.75, 3.05) is 52.5 Å². The number of allylic oxidation sites excluding steroid dienone is 2. The molecule has 3 nitrogen and oxygen atoms in total. The van der Waals surface area contributed by atoms with E-state index in [1.807, 2.05) is 0 Å². The van der Waals surface area contributed by atoms with Crippen LogP contribution in [0.25, 0.3) is 0 Å². The van der Waals surface area contributed by atoms with Crippen LogP contribution in [0.5, 0.6) is 0 Å². The fourth-order valence-corrected chi connectivity index (χ4v) is 3.63. The van der Waals surface area contributed by atoms with Crippen LogP contribution in [0, 0.1) is 11.8 Å². The first-order chi connectivity index (χ1) is 9.40. The third-order valence-corrected chi connectivity index (χ3v) is 4.90.